The van der Waals surface area contributed by atoms with Crippen molar-refractivity contribution in [2.24, 2.45) is 0 Å². The molecule has 1 saturated heterocycles. The lowest BCUT2D eigenvalue weighted by atomic mass is 10.3. The van der Waals surface area contributed by atoms with Crippen molar-refractivity contribution in [1.82, 2.24) is 10.2 Å². The molecule has 2 aliphatic heterocycles. The monoisotopic (exact) mass is 307 g/mol. The molecular weight excluding hydrogens is 290 g/mol. The van der Waals surface area contributed by atoms with Gasteiger partial charge in [0.2, 0.25) is 12.7 Å². The van der Waals surface area contributed by atoms with Crippen LogP contribution in [-0.4, -0.2) is 56.5 Å². The number of anilines is 1. The number of hydrogen-bond donors (Lipinski definition) is 2. The predicted molar refractivity (Wildman–Crippen MR) is 77.0 cm³/mol. The fraction of sp³-hybridized carbons (Fsp3) is 0.429. The van der Waals surface area contributed by atoms with E-state index in [-0.39, 0.29) is 19.2 Å². The molecular formula is C14H17N3O5. The first-order valence-electron chi connectivity index (χ1n) is 7.01. The van der Waals surface area contributed by atoms with E-state index in [1.165, 1.54) is 0 Å². The topological polar surface area (TPSA) is 89.1 Å². The van der Waals surface area contributed by atoms with Crippen LogP contribution in [0.4, 0.5) is 10.5 Å². The molecule has 0 unspecified atom stereocenters. The summed E-state index contributed by atoms with van der Waals surface area (Å²) < 4.78 is 15.6. The Morgan fingerprint density at radius 2 is 1.91 bits per heavy atom. The number of nitrogens with one attached hydrogen (secondary N) is 2. The molecule has 22 heavy (non-hydrogen) atoms. The van der Waals surface area contributed by atoms with Gasteiger partial charge in [-0.15, -0.1) is 0 Å². The second-order valence-corrected chi connectivity index (χ2v) is 4.96. The van der Waals surface area contributed by atoms with Crippen molar-refractivity contribution >= 4 is 17.6 Å². The van der Waals surface area contributed by atoms with Crippen molar-refractivity contribution in [3.8, 4) is 11.5 Å². The van der Waals surface area contributed by atoms with Gasteiger partial charge in [0.25, 0.3) is 0 Å². The summed E-state index contributed by atoms with van der Waals surface area (Å²) in [4.78, 5) is 25.5. The molecule has 0 spiro atoms. The number of fused-ring (bicyclic) bond motifs is 1. The molecule has 1 fully saturated rings. The molecule has 0 bridgehead atoms. The normalized spacial score (nSPS) is 17.1. The number of benzene rings is 1. The molecule has 1 aromatic carbocycles. The zero-order valence-corrected chi connectivity index (χ0v) is 12.0. The highest BCUT2D eigenvalue weighted by atomic mass is 16.7. The first-order valence-corrected chi connectivity index (χ1v) is 7.01. The van der Waals surface area contributed by atoms with E-state index in [1.54, 1.807) is 18.2 Å². The number of hydrogen-bond acceptors (Lipinski definition) is 6. The summed E-state index contributed by atoms with van der Waals surface area (Å²) in [5.41, 5.74) is 0.529. The molecule has 118 valence electrons. The lowest BCUT2D eigenvalue weighted by molar-refractivity contribution is -0.122. The van der Waals surface area contributed by atoms with E-state index in [0.717, 1.165) is 0 Å². The first-order chi connectivity index (χ1) is 10.7. The van der Waals surface area contributed by atoms with Crippen LogP contribution >= 0.6 is 0 Å². The minimum atomic E-state index is -0.572. The number of ether oxygens (including phenoxy) is 3. The minimum Gasteiger partial charge on any atom is -0.454 e. The number of carbonyl (C=O) groups excluding carboxylic acids is 2. The van der Waals surface area contributed by atoms with Crippen LogP contribution in [0.2, 0.25) is 0 Å². The Kier molecular flexibility index (Phi) is 4.40. The van der Waals surface area contributed by atoms with Crippen LogP contribution in [0.5, 0.6) is 11.5 Å². The van der Waals surface area contributed by atoms with E-state index in [1.807, 2.05) is 4.90 Å². The third kappa shape index (κ3) is 3.66. The Bertz CT molecular complexity index is 572. The fourth-order valence-corrected chi connectivity index (χ4v) is 2.27. The van der Waals surface area contributed by atoms with Crippen LogP contribution in [-0.2, 0) is 9.53 Å². The van der Waals surface area contributed by atoms with Crippen LogP contribution < -0.4 is 20.1 Å². The molecule has 2 aliphatic rings. The molecule has 0 aromatic heterocycles. The molecule has 3 rings (SSSR count). The van der Waals surface area contributed by atoms with Crippen LogP contribution in [0.1, 0.15) is 0 Å². The Balaban J connectivity index is 1.48. The molecule has 0 radical (unpaired) electrons. The summed E-state index contributed by atoms with van der Waals surface area (Å²) >= 11 is 0. The quantitative estimate of drug-likeness (QED) is 0.840. The van der Waals surface area contributed by atoms with Crippen LogP contribution in [0.3, 0.4) is 0 Å². The van der Waals surface area contributed by atoms with Crippen molar-refractivity contribution in [2.45, 2.75) is 0 Å². The predicted octanol–water partition coefficient (Wildman–Crippen LogP) is 0.396. The molecule has 2 N–H and O–H groups in total. The number of amides is 3. The molecule has 0 atom stereocenters. The number of imide groups is 1. The van der Waals surface area contributed by atoms with E-state index in [2.05, 4.69) is 10.6 Å². The maximum absolute atomic E-state index is 11.8. The SMILES string of the molecule is O=C(CN1CCOCC1)NC(=O)Nc1ccc2c(c1)OCO2. The van der Waals surface area contributed by atoms with Crippen molar-refractivity contribution < 1.29 is 23.8 Å². The van der Waals surface area contributed by atoms with Gasteiger partial charge < -0.3 is 19.5 Å². The summed E-state index contributed by atoms with van der Waals surface area (Å²) in [6.45, 7) is 2.95. The van der Waals surface area contributed by atoms with Crippen molar-refractivity contribution in [3.63, 3.8) is 0 Å². The third-order valence-corrected chi connectivity index (χ3v) is 3.35. The highest BCUT2D eigenvalue weighted by Gasteiger charge is 2.17. The summed E-state index contributed by atoms with van der Waals surface area (Å²) in [6.07, 6.45) is 0. The number of rotatable bonds is 3. The summed E-state index contributed by atoms with van der Waals surface area (Å²) in [5, 5.41) is 4.89. The van der Waals surface area contributed by atoms with Crippen LogP contribution in [0, 0.1) is 0 Å². The van der Waals surface area contributed by atoms with E-state index in [4.69, 9.17) is 14.2 Å². The highest BCUT2D eigenvalue weighted by Crippen LogP contribution is 2.34. The zero-order chi connectivity index (χ0) is 15.4. The van der Waals surface area contributed by atoms with Gasteiger partial charge >= 0.3 is 6.03 Å². The Morgan fingerprint density at radius 3 is 2.73 bits per heavy atom. The molecule has 2 heterocycles. The van der Waals surface area contributed by atoms with E-state index in [0.29, 0.717) is 43.5 Å². The van der Waals surface area contributed by atoms with Gasteiger partial charge in [0.1, 0.15) is 0 Å². The van der Waals surface area contributed by atoms with Gasteiger partial charge in [-0.1, -0.05) is 0 Å². The lowest BCUT2D eigenvalue weighted by Crippen LogP contribution is -2.45. The minimum absolute atomic E-state index is 0.170. The third-order valence-electron chi connectivity index (χ3n) is 3.35. The number of urea groups is 1. The Morgan fingerprint density at radius 1 is 1.14 bits per heavy atom. The smallest absolute Gasteiger partial charge is 0.325 e. The van der Waals surface area contributed by atoms with Gasteiger partial charge in [-0.05, 0) is 12.1 Å². The van der Waals surface area contributed by atoms with Gasteiger partial charge in [-0.2, -0.15) is 0 Å². The lowest BCUT2D eigenvalue weighted by Gasteiger charge is -2.25. The van der Waals surface area contributed by atoms with Crippen molar-refractivity contribution in [1.29, 1.82) is 0 Å². The second-order valence-electron chi connectivity index (χ2n) is 4.96. The maximum atomic E-state index is 11.8. The van der Waals surface area contributed by atoms with Gasteiger partial charge in [0.15, 0.2) is 11.5 Å². The Labute approximate surface area is 127 Å². The van der Waals surface area contributed by atoms with E-state index >= 15 is 0 Å². The van der Waals surface area contributed by atoms with Crippen LogP contribution in [0.25, 0.3) is 0 Å². The van der Waals surface area contributed by atoms with E-state index < -0.39 is 6.03 Å². The number of carbonyl (C=O) groups is 2. The number of morpholine rings is 1. The number of nitrogens with zero attached hydrogens (tertiary/aromatic N) is 1. The zero-order valence-electron chi connectivity index (χ0n) is 12.0. The molecule has 8 nitrogen and oxygen atoms in total. The molecule has 8 heteroatoms. The maximum Gasteiger partial charge on any atom is 0.325 e. The summed E-state index contributed by atoms with van der Waals surface area (Å²) in [5.74, 6) is 0.854. The second kappa shape index (κ2) is 6.63. The van der Waals surface area contributed by atoms with Gasteiger partial charge in [-0.25, -0.2) is 4.79 Å². The summed E-state index contributed by atoms with van der Waals surface area (Å²) in [6, 6.07) is 4.46. The summed E-state index contributed by atoms with van der Waals surface area (Å²) in [7, 11) is 0. The van der Waals surface area contributed by atoms with Gasteiger partial charge in [0, 0.05) is 24.8 Å². The van der Waals surface area contributed by atoms with Gasteiger partial charge in [-0.3, -0.25) is 15.0 Å². The van der Waals surface area contributed by atoms with Crippen LogP contribution in [0.15, 0.2) is 18.2 Å². The standard InChI is InChI=1S/C14H17N3O5/c18-13(8-17-3-5-20-6-4-17)16-14(19)15-10-1-2-11-12(7-10)22-9-21-11/h1-2,7H,3-6,8-9H2,(H2,15,16,18,19). The average molecular weight is 307 g/mol. The fourth-order valence-electron chi connectivity index (χ4n) is 2.27. The van der Waals surface area contributed by atoms with Crippen molar-refractivity contribution in [2.75, 3.05) is 45.0 Å². The molecule has 0 aliphatic carbocycles. The van der Waals surface area contributed by atoms with Gasteiger partial charge in [0.05, 0.1) is 19.8 Å². The highest BCUT2D eigenvalue weighted by molar-refractivity contribution is 6.01. The first kappa shape index (κ1) is 14.6. The average Bonchev–Trinajstić information content (AvgIpc) is 2.95. The van der Waals surface area contributed by atoms with Crippen molar-refractivity contribution in [3.05, 3.63) is 18.2 Å². The largest absolute Gasteiger partial charge is 0.454 e. The van der Waals surface area contributed by atoms with E-state index in [9.17, 15) is 9.59 Å². The molecule has 0 saturated carbocycles. The Hall–Kier alpha value is -2.32. The molecule has 1 aromatic rings. The molecule has 3 amide bonds.